The molecule has 0 radical (unpaired) electrons. The molecule has 1 saturated heterocycles. The molecule has 2 amide bonds. The van der Waals surface area contributed by atoms with Crippen LogP contribution in [-0.2, 0) is 9.53 Å². The smallest absolute Gasteiger partial charge is 0.410 e. The highest BCUT2D eigenvalue weighted by Gasteiger charge is 2.31. The predicted molar refractivity (Wildman–Crippen MR) is 113 cm³/mol. The van der Waals surface area contributed by atoms with Gasteiger partial charge in [-0.2, -0.15) is 5.10 Å². The van der Waals surface area contributed by atoms with Crippen LogP contribution in [0.1, 0.15) is 46.6 Å². The van der Waals surface area contributed by atoms with E-state index >= 15 is 0 Å². The average Bonchev–Trinajstić information content (AvgIpc) is 3.35. The molecular formula is C22H29FN4O4. The Labute approximate surface area is 181 Å². The molecule has 0 unspecified atom stereocenters. The minimum Gasteiger partial charge on any atom is -0.478 e. The van der Waals surface area contributed by atoms with Crippen molar-refractivity contribution in [2.75, 3.05) is 18.4 Å². The molecule has 1 N–H and O–H groups in total. The summed E-state index contributed by atoms with van der Waals surface area (Å²) >= 11 is 0. The maximum Gasteiger partial charge on any atom is 0.410 e. The lowest BCUT2D eigenvalue weighted by Crippen LogP contribution is -2.35. The molecule has 2 heterocycles. The summed E-state index contributed by atoms with van der Waals surface area (Å²) in [5, 5.41) is 7.14. The van der Waals surface area contributed by atoms with Crippen molar-refractivity contribution in [2.45, 2.75) is 58.3 Å². The van der Waals surface area contributed by atoms with Gasteiger partial charge in [0.2, 0.25) is 0 Å². The van der Waals surface area contributed by atoms with E-state index in [0.29, 0.717) is 25.3 Å². The van der Waals surface area contributed by atoms with Crippen molar-refractivity contribution < 1.29 is 23.5 Å². The lowest BCUT2D eigenvalue weighted by molar-refractivity contribution is -0.122. The minimum atomic E-state index is -0.851. The predicted octanol–water partition coefficient (Wildman–Crippen LogP) is 4.00. The second kappa shape index (κ2) is 9.36. The third-order valence-electron chi connectivity index (χ3n) is 4.82. The second-order valence-electron chi connectivity index (χ2n) is 8.48. The van der Waals surface area contributed by atoms with Gasteiger partial charge >= 0.3 is 6.09 Å². The molecule has 0 aliphatic carbocycles. The Balaban J connectivity index is 1.57. The van der Waals surface area contributed by atoms with Gasteiger partial charge in [0.1, 0.15) is 5.60 Å². The first-order valence-corrected chi connectivity index (χ1v) is 10.4. The quantitative estimate of drug-likeness (QED) is 0.746. The Hall–Kier alpha value is -3.10. The van der Waals surface area contributed by atoms with Crippen LogP contribution in [0.15, 0.2) is 36.5 Å². The number of carbonyl (C=O) groups excluding carboxylic acids is 2. The fourth-order valence-corrected chi connectivity index (χ4v) is 3.28. The molecule has 1 aromatic carbocycles. The van der Waals surface area contributed by atoms with Crippen LogP contribution < -0.4 is 10.1 Å². The first-order valence-electron chi connectivity index (χ1n) is 10.4. The summed E-state index contributed by atoms with van der Waals surface area (Å²) < 4.78 is 26.5. The zero-order valence-electron chi connectivity index (χ0n) is 18.3. The molecule has 0 saturated carbocycles. The van der Waals surface area contributed by atoms with Crippen molar-refractivity contribution in [3.63, 3.8) is 0 Å². The van der Waals surface area contributed by atoms with Gasteiger partial charge in [-0.15, -0.1) is 0 Å². The molecule has 0 bridgehead atoms. The maximum atomic E-state index is 13.8. The normalized spacial score (nSPS) is 17.3. The monoisotopic (exact) mass is 432 g/mol. The summed E-state index contributed by atoms with van der Waals surface area (Å²) in [6.45, 7) is 8.35. The highest BCUT2D eigenvalue weighted by molar-refractivity contribution is 5.93. The van der Waals surface area contributed by atoms with Crippen LogP contribution >= 0.6 is 0 Å². The van der Waals surface area contributed by atoms with E-state index in [4.69, 9.17) is 9.47 Å². The number of nitrogens with one attached hydrogen (secondary N) is 1. The molecule has 1 aliphatic rings. The highest BCUT2D eigenvalue weighted by Crippen LogP contribution is 2.24. The molecular weight excluding hydrogens is 403 g/mol. The summed E-state index contributed by atoms with van der Waals surface area (Å²) in [6.07, 6.45) is 1.68. The Morgan fingerprint density at radius 3 is 2.71 bits per heavy atom. The third-order valence-corrected chi connectivity index (χ3v) is 4.82. The zero-order valence-corrected chi connectivity index (χ0v) is 18.3. The van der Waals surface area contributed by atoms with Crippen LogP contribution in [0, 0.1) is 5.82 Å². The summed E-state index contributed by atoms with van der Waals surface area (Å²) in [5.41, 5.74) is -0.543. The van der Waals surface area contributed by atoms with Crippen LogP contribution in [0.4, 0.5) is 15.0 Å². The number of halogens is 1. The van der Waals surface area contributed by atoms with Gasteiger partial charge in [0.05, 0.1) is 6.04 Å². The number of nitrogens with zero attached hydrogens (tertiary/aromatic N) is 3. The first-order chi connectivity index (χ1) is 14.7. The Kier molecular flexibility index (Phi) is 6.82. The van der Waals surface area contributed by atoms with E-state index in [-0.39, 0.29) is 17.9 Å². The number of aromatic nitrogens is 2. The minimum absolute atomic E-state index is 0.00481. The third kappa shape index (κ3) is 5.96. The second-order valence-corrected chi connectivity index (χ2v) is 8.48. The van der Waals surface area contributed by atoms with Crippen molar-refractivity contribution in [3.05, 3.63) is 42.3 Å². The van der Waals surface area contributed by atoms with E-state index in [9.17, 15) is 14.0 Å². The number of benzene rings is 1. The largest absolute Gasteiger partial charge is 0.478 e. The Morgan fingerprint density at radius 1 is 1.29 bits per heavy atom. The lowest BCUT2D eigenvalue weighted by Gasteiger charge is -2.24. The maximum absolute atomic E-state index is 13.8. The fraction of sp³-hybridized carbons (Fsp3) is 0.500. The van der Waals surface area contributed by atoms with Gasteiger partial charge < -0.3 is 19.7 Å². The van der Waals surface area contributed by atoms with Crippen molar-refractivity contribution in [2.24, 2.45) is 0 Å². The van der Waals surface area contributed by atoms with Gasteiger partial charge in [0, 0.05) is 25.4 Å². The molecule has 1 aromatic heterocycles. The van der Waals surface area contributed by atoms with E-state index in [2.05, 4.69) is 10.4 Å². The number of anilines is 1. The topological polar surface area (TPSA) is 85.7 Å². The van der Waals surface area contributed by atoms with Gasteiger partial charge in [-0.25, -0.2) is 9.18 Å². The number of hydrogen-bond donors (Lipinski definition) is 1. The summed E-state index contributed by atoms with van der Waals surface area (Å²) in [4.78, 5) is 26.5. The molecule has 31 heavy (non-hydrogen) atoms. The van der Waals surface area contributed by atoms with E-state index in [1.807, 2.05) is 20.8 Å². The number of hydrogen-bond acceptors (Lipinski definition) is 5. The lowest BCUT2D eigenvalue weighted by atomic mass is 10.2. The Morgan fingerprint density at radius 2 is 2.03 bits per heavy atom. The van der Waals surface area contributed by atoms with Gasteiger partial charge in [-0.05, 0) is 45.7 Å². The highest BCUT2D eigenvalue weighted by atomic mass is 19.1. The average molecular weight is 432 g/mol. The number of carbonyl (C=O) groups is 2. The van der Waals surface area contributed by atoms with Gasteiger partial charge in [-0.1, -0.05) is 19.1 Å². The summed E-state index contributed by atoms with van der Waals surface area (Å²) in [7, 11) is 0. The molecule has 2 atom stereocenters. The van der Waals surface area contributed by atoms with Crippen molar-refractivity contribution in [3.8, 4) is 5.75 Å². The first kappa shape index (κ1) is 22.6. The van der Waals surface area contributed by atoms with E-state index in [1.165, 1.54) is 12.1 Å². The molecule has 9 heteroatoms. The van der Waals surface area contributed by atoms with Crippen LogP contribution in [0.2, 0.25) is 0 Å². The zero-order chi connectivity index (χ0) is 22.6. The standard InChI is InChI=1S/C22H29FN4O4/c1-5-17(30-18-9-7-6-8-16(18)23)20(28)24-19-11-13-27(25-19)15-10-12-26(14-15)21(29)31-22(2,3)4/h6-9,11,13,15,17H,5,10,12,14H2,1-4H3,(H,24,25,28)/t15-,17+/m1/s1. The number of likely N-dealkylation sites (tertiary alicyclic amines) is 1. The van der Waals surface area contributed by atoms with Crippen LogP contribution in [0.5, 0.6) is 5.75 Å². The van der Waals surface area contributed by atoms with Crippen LogP contribution in [0.25, 0.3) is 0 Å². The van der Waals surface area contributed by atoms with Gasteiger partial charge in [-0.3, -0.25) is 9.48 Å². The SMILES string of the molecule is CC[C@H](Oc1ccccc1F)C(=O)Nc1ccn([C@@H]2CCN(C(=O)OC(C)(C)C)C2)n1. The van der Waals surface area contributed by atoms with E-state index in [0.717, 1.165) is 6.42 Å². The number of amides is 2. The van der Waals surface area contributed by atoms with E-state index in [1.54, 1.807) is 40.9 Å². The molecule has 1 fully saturated rings. The van der Waals surface area contributed by atoms with Crippen LogP contribution in [-0.4, -0.2) is 51.5 Å². The van der Waals surface area contributed by atoms with Crippen LogP contribution in [0.3, 0.4) is 0 Å². The molecule has 2 aromatic rings. The molecule has 168 valence electrons. The van der Waals surface area contributed by atoms with Crippen molar-refractivity contribution in [1.29, 1.82) is 0 Å². The molecule has 3 rings (SSSR count). The number of para-hydroxylation sites is 1. The number of ether oxygens (including phenoxy) is 2. The summed E-state index contributed by atoms with van der Waals surface area (Å²) in [6, 6.07) is 7.65. The van der Waals surface area contributed by atoms with Gasteiger partial charge in [0.15, 0.2) is 23.5 Å². The molecule has 1 aliphatic heterocycles. The summed E-state index contributed by atoms with van der Waals surface area (Å²) in [5.74, 6) is -0.522. The van der Waals surface area contributed by atoms with Crippen molar-refractivity contribution >= 4 is 17.8 Å². The fourth-order valence-electron chi connectivity index (χ4n) is 3.28. The molecule has 8 nitrogen and oxygen atoms in total. The van der Waals surface area contributed by atoms with Crippen molar-refractivity contribution in [1.82, 2.24) is 14.7 Å². The van der Waals surface area contributed by atoms with Gasteiger partial charge in [0.25, 0.3) is 5.91 Å². The Bertz CT molecular complexity index is 924. The van der Waals surface area contributed by atoms with E-state index < -0.39 is 23.4 Å². The molecule has 0 spiro atoms. The number of rotatable bonds is 6.